The largest absolute Gasteiger partial charge is 0.435 e. The zero-order chi connectivity index (χ0) is 10.7. The molecule has 2 nitrogen and oxygen atoms in total. The molecule has 0 spiro atoms. The molecule has 2 rings (SSSR count). The average molecular weight is 263 g/mol. The molecule has 0 atom stereocenters. The maximum absolute atomic E-state index is 4.86. The van der Waals surface area contributed by atoms with Crippen LogP contribution in [0.1, 0.15) is 0 Å². The van der Waals surface area contributed by atoms with E-state index in [1.54, 1.807) is 14.7 Å². The minimum Gasteiger partial charge on any atom is -0.422 e. The number of hydrogen-bond donors (Lipinski definition) is 1. The second-order valence-electron chi connectivity index (χ2n) is 3.15. The molecule has 0 aliphatic rings. The van der Waals surface area contributed by atoms with Crippen LogP contribution in [-0.2, 0) is 4.65 Å². The first-order valence-corrected chi connectivity index (χ1v) is 5.40. The molecule has 0 saturated carbocycles. The Kier molecular flexibility index (Phi) is 3.28. The molecule has 1 radical (unpaired) electrons. The van der Waals surface area contributed by atoms with Gasteiger partial charge in [0.05, 0.1) is 0 Å². The van der Waals surface area contributed by atoms with E-state index in [4.69, 9.17) is 4.65 Å². The van der Waals surface area contributed by atoms with Crippen molar-refractivity contribution in [2.24, 2.45) is 0 Å². The number of fused-ring (bicyclic) bond motifs is 1. The van der Waals surface area contributed by atoms with Crippen molar-refractivity contribution in [1.29, 1.82) is 0 Å². The standard InChI is InChI=1S/C11H10BBrNO/c1-15-12-14-10-7-6-8-4-2-3-5-9(8)11(10)13/h2-7,14H,1H3. The lowest BCUT2D eigenvalue weighted by Crippen LogP contribution is -2.08. The van der Waals surface area contributed by atoms with Crippen LogP contribution in [0.15, 0.2) is 40.9 Å². The Morgan fingerprint density at radius 2 is 2.00 bits per heavy atom. The highest BCUT2D eigenvalue weighted by molar-refractivity contribution is 9.10. The lowest BCUT2D eigenvalue weighted by atomic mass is 10.1. The highest BCUT2D eigenvalue weighted by Gasteiger charge is 2.04. The third-order valence-corrected chi connectivity index (χ3v) is 3.05. The van der Waals surface area contributed by atoms with Crippen molar-refractivity contribution in [2.45, 2.75) is 0 Å². The molecule has 4 heteroatoms. The van der Waals surface area contributed by atoms with Gasteiger partial charge in [-0.3, -0.25) is 0 Å². The van der Waals surface area contributed by atoms with E-state index in [0.717, 1.165) is 10.2 Å². The van der Waals surface area contributed by atoms with Crippen LogP contribution < -0.4 is 5.23 Å². The van der Waals surface area contributed by atoms with E-state index in [-0.39, 0.29) is 0 Å². The fourth-order valence-electron chi connectivity index (χ4n) is 1.47. The van der Waals surface area contributed by atoms with E-state index < -0.39 is 0 Å². The van der Waals surface area contributed by atoms with Crippen molar-refractivity contribution in [3.8, 4) is 0 Å². The summed E-state index contributed by atoms with van der Waals surface area (Å²) in [4.78, 5) is 0. The summed E-state index contributed by atoms with van der Waals surface area (Å²) < 4.78 is 5.91. The van der Waals surface area contributed by atoms with Crippen molar-refractivity contribution in [3.63, 3.8) is 0 Å². The fraction of sp³-hybridized carbons (Fsp3) is 0.0909. The van der Waals surface area contributed by atoms with Crippen molar-refractivity contribution >= 4 is 40.0 Å². The minimum atomic E-state index is 0.996. The first-order valence-electron chi connectivity index (χ1n) is 4.61. The predicted octanol–water partition coefficient (Wildman–Crippen LogP) is 3.19. The molecule has 75 valence electrons. The first kappa shape index (κ1) is 10.5. The number of rotatable bonds is 3. The van der Waals surface area contributed by atoms with Crippen LogP contribution in [0, 0.1) is 0 Å². The van der Waals surface area contributed by atoms with Crippen LogP contribution in [0.5, 0.6) is 0 Å². The number of nitrogens with one attached hydrogen (secondary N) is 1. The quantitative estimate of drug-likeness (QED) is 0.858. The summed E-state index contributed by atoms with van der Waals surface area (Å²) in [5, 5.41) is 5.46. The lowest BCUT2D eigenvalue weighted by molar-refractivity contribution is 0.446. The smallest absolute Gasteiger partial charge is 0.422 e. The van der Waals surface area contributed by atoms with E-state index in [9.17, 15) is 0 Å². The van der Waals surface area contributed by atoms with Crippen LogP contribution in [0.2, 0.25) is 0 Å². The molecule has 0 fully saturated rings. The molecule has 2 aromatic carbocycles. The molecule has 0 aromatic heterocycles. The first-order chi connectivity index (χ1) is 7.33. The van der Waals surface area contributed by atoms with Gasteiger partial charge in [-0.1, -0.05) is 30.3 Å². The molecule has 0 aliphatic heterocycles. The van der Waals surface area contributed by atoms with Gasteiger partial charge >= 0.3 is 7.62 Å². The van der Waals surface area contributed by atoms with Gasteiger partial charge in [0.25, 0.3) is 0 Å². The van der Waals surface area contributed by atoms with Gasteiger partial charge in [0.15, 0.2) is 0 Å². The van der Waals surface area contributed by atoms with Crippen LogP contribution >= 0.6 is 15.9 Å². The highest BCUT2D eigenvalue weighted by atomic mass is 79.9. The lowest BCUT2D eigenvalue weighted by Gasteiger charge is -2.08. The second-order valence-corrected chi connectivity index (χ2v) is 3.94. The van der Waals surface area contributed by atoms with Crippen LogP contribution in [-0.4, -0.2) is 14.7 Å². The topological polar surface area (TPSA) is 21.3 Å². The van der Waals surface area contributed by atoms with Gasteiger partial charge < -0.3 is 9.88 Å². The van der Waals surface area contributed by atoms with Crippen molar-refractivity contribution in [2.75, 3.05) is 12.3 Å². The second kappa shape index (κ2) is 4.68. The van der Waals surface area contributed by atoms with Crippen LogP contribution in [0.4, 0.5) is 5.69 Å². The van der Waals surface area contributed by atoms with Crippen LogP contribution in [0.3, 0.4) is 0 Å². The number of hydrogen-bond acceptors (Lipinski definition) is 2. The average Bonchev–Trinajstić information content (AvgIpc) is 2.29. The molecule has 0 bridgehead atoms. The van der Waals surface area contributed by atoms with Crippen molar-refractivity contribution in [3.05, 3.63) is 40.9 Å². The number of benzene rings is 2. The zero-order valence-corrected chi connectivity index (χ0v) is 9.91. The Balaban J connectivity index is 2.45. The van der Waals surface area contributed by atoms with Gasteiger partial charge in [0.1, 0.15) is 0 Å². The van der Waals surface area contributed by atoms with Crippen molar-refractivity contribution < 1.29 is 4.65 Å². The van der Waals surface area contributed by atoms with E-state index in [0.29, 0.717) is 0 Å². The summed E-state index contributed by atoms with van der Waals surface area (Å²) in [6, 6.07) is 12.3. The zero-order valence-electron chi connectivity index (χ0n) is 8.33. The molecule has 1 N–H and O–H groups in total. The van der Waals surface area contributed by atoms with E-state index in [1.807, 2.05) is 18.2 Å². The van der Waals surface area contributed by atoms with E-state index in [2.05, 4.69) is 39.4 Å². The Morgan fingerprint density at radius 1 is 1.20 bits per heavy atom. The SMILES string of the molecule is CO[B]Nc1ccc2ccccc2c1Br. The van der Waals surface area contributed by atoms with Gasteiger partial charge in [-0.2, -0.15) is 0 Å². The fourth-order valence-corrected chi connectivity index (χ4v) is 2.08. The Morgan fingerprint density at radius 3 is 2.80 bits per heavy atom. The van der Waals surface area contributed by atoms with Gasteiger partial charge in [0, 0.05) is 17.3 Å². The number of halogens is 1. The van der Waals surface area contributed by atoms with Gasteiger partial charge in [-0.25, -0.2) is 0 Å². The Bertz CT molecular complexity index is 475. The predicted molar refractivity (Wildman–Crippen MR) is 68.0 cm³/mol. The third-order valence-electron chi connectivity index (χ3n) is 2.20. The number of anilines is 1. The summed E-state index contributed by atoms with van der Waals surface area (Å²) in [6.07, 6.45) is 0. The van der Waals surface area contributed by atoms with E-state index >= 15 is 0 Å². The van der Waals surface area contributed by atoms with Crippen molar-refractivity contribution in [1.82, 2.24) is 0 Å². The van der Waals surface area contributed by atoms with Gasteiger partial charge in [0.2, 0.25) is 0 Å². The summed E-state index contributed by atoms with van der Waals surface area (Å²) in [5.74, 6) is 0. The third kappa shape index (κ3) is 2.16. The molecular weight excluding hydrogens is 253 g/mol. The van der Waals surface area contributed by atoms with Crippen LogP contribution in [0.25, 0.3) is 10.8 Å². The molecular formula is C11H10BBrNO. The molecule has 0 heterocycles. The molecule has 15 heavy (non-hydrogen) atoms. The normalized spacial score (nSPS) is 10.3. The molecule has 0 saturated heterocycles. The summed E-state index contributed by atoms with van der Waals surface area (Å²) in [5.41, 5.74) is 0.996. The molecule has 0 amide bonds. The highest BCUT2D eigenvalue weighted by Crippen LogP contribution is 2.30. The molecule has 0 unspecified atom stereocenters. The monoisotopic (exact) mass is 262 g/mol. The minimum absolute atomic E-state index is 0.996. The van der Waals surface area contributed by atoms with E-state index in [1.165, 1.54) is 10.8 Å². The summed E-state index contributed by atoms with van der Waals surface area (Å²) >= 11 is 3.57. The molecule has 0 aliphatic carbocycles. The Hall–Kier alpha value is -0.995. The maximum Gasteiger partial charge on any atom is 0.435 e. The Labute approximate surface area is 98.1 Å². The van der Waals surface area contributed by atoms with Gasteiger partial charge in [-0.15, -0.1) is 0 Å². The molecule has 2 aromatic rings. The summed E-state index contributed by atoms with van der Waals surface area (Å²) in [7, 11) is 3.16. The van der Waals surface area contributed by atoms with Gasteiger partial charge in [-0.05, 0) is 32.8 Å². The maximum atomic E-state index is 4.86. The summed E-state index contributed by atoms with van der Waals surface area (Å²) in [6.45, 7) is 0.